The van der Waals surface area contributed by atoms with Crippen molar-refractivity contribution in [1.29, 1.82) is 0 Å². The van der Waals surface area contributed by atoms with Gasteiger partial charge in [0.25, 0.3) is 0 Å². The Morgan fingerprint density at radius 1 is 1.42 bits per heavy atom. The molecule has 4 unspecified atom stereocenters. The van der Waals surface area contributed by atoms with E-state index in [0.717, 1.165) is 12.8 Å². The molecule has 2 fully saturated rings. The molecule has 2 heterocycles. The lowest BCUT2D eigenvalue weighted by Gasteiger charge is -2.25. The Balaban J connectivity index is 1.68. The van der Waals surface area contributed by atoms with E-state index < -0.39 is 0 Å². The number of fused-ring (bicyclic) bond motifs is 2. The second-order valence-corrected chi connectivity index (χ2v) is 5.49. The van der Waals surface area contributed by atoms with Crippen molar-refractivity contribution >= 4 is 0 Å². The monoisotopic (exact) mass is 265 g/mol. The molecular formula is C15H20FNO2. The van der Waals surface area contributed by atoms with Gasteiger partial charge in [0, 0.05) is 23.7 Å². The Morgan fingerprint density at radius 2 is 2.26 bits per heavy atom. The lowest BCUT2D eigenvalue weighted by molar-refractivity contribution is 0.0962. The molecule has 1 N–H and O–H groups in total. The molecular weight excluding hydrogens is 245 g/mol. The Hall–Kier alpha value is -1.13. The van der Waals surface area contributed by atoms with Gasteiger partial charge in [0.15, 0.2) is 0 Å². The van der Waals surface area contributed by atoms with Crippen LogP contribution < -0.4 is 10.1 Å². The van der Waals surface area contributed by atoms with Gasteiger partial charge < -0.3 is 14.8 Å². The van der Waals surface area contributed by atoms with E-state index >= 15 is 0 Å². The molecule has 0 aromatic heterocycles. The number of nitrogens with one attached hydrogen (secondary N) is 1. The highest BCUT2D eigenvalue weighted by atomic mass is 19.1. The first-order chi connectivity index (χ1) is 9.17. The first-order valence-corrected chi connectivity index (χ1v) is 6.92. The number of methoxy groups -OCH3 is 1. The van der Waals surface area contributed by atoms with Crippen molar-refractivity contribution in [3.05, 3.63) is 29.6 Å². The predicted octanol–water partition coefficient (Wildman–Crippen LogP) is 2.80. The third-order valence-corrected chi connectivity index (χ3v) is 4.24. The Bertz CT molecular complexity index is 465. The van der Waals surface area contributed by atoms with E-state index in [-0.39, 0.29) is 11.9 Å². The highest BCUT2D eigenvalue weighted by Crippen LogP contribution is 2.35. The molecule has 0 spiro atoms. The van der Waals surface area contributed by atoms with E-state index in [1.807, 2.05) is 6.92 Å². The van der Waals surface area contributed by atoms with Crippen LogP contribution in [0.1, 0.15) is 37.8 Å². The molecule has 4 heteroatoms. The van der Waals surface area contributed by atoms with Crippen molar-refractivity contribution in [2.45, 2.75) is 50.5 Å². The fraction of sp³-hybridized carbons (Fsp3) is 0.600. The topological polar surface area (TPSA) is 30.5 Å². The maximum Gasteiger partial charge on any atom is 0.131 e. The van der Waals surface area contributed by atoms with Gasteiger partial charge >= 0.3 is 0 Å². The molecule has 0 aliphatic carbocycles. The lowest BCUT2D eigenvalue weighted by atomic mass is 9.94. The van der Waals surface area contributed by atoms with Crippen LogP contribution in [-0.4, -0.2) is 25.4 Å². The van der Waals surface area contributed by atoms with Crippen LogP contribution in [0.25, 0.3) is 0 Å². The number of benzene rings is 1. The molecule has 0 saturated carbocycles. The smallest absolute Gasteiger partial charge is 0.131 e. The van der Waals surface area contributed by atoms with E-state index in [2.05, 4.69) is 5.32 Å². The van der Waals surface area contributed by atoms with Gasteiger partial charge in [0.1, 0.15) is 11.6 Å². The maximum atomic E-state index is 14.0. The summed E-state index contributed by atoms with van der Waals surface area (Å²) in [5.41, 5.74) is 0.684. The van der Waals surface area contributed by atoms with E-state index in [9.17, 15) is 4.39 Å². The molecule has 1 aromatic rings. The van der Waals surface area contributed by atoms with Crippen LogP contribution in [0.3, 0.4) is 0 Å². The van der Waals surface area contributed by atoms with Crippen LogP contribution >= 0.6 is 0 Å². The van der Waals surface area contributed by atoms with Gasteiger partial charge in [0.2, 0.25) is 0 Å². The summed E-state index contributed by atoms with van der Waals surface area (Å²) in [7, 11) is 1.54. The van der Waals surface area contributed by atoms with Gasteiger partial charge in [-0.2, -0.15) is 0 Å². The van der Waals surface area contributed by atoms with E-state index in [0.29, 0.717) is 29.6 Å². The summed E-state index contributed by atoms with van der Waals surface area (Å²) in [6, 6.07) is 5.37. The molecule has 2 aliphatic rings. The van der Waals surface area contributed by atoms with Gasteiger partial charge in [-0.3, -0.25) is 0 Å². The second kappa shape index (κ2) is 5.10. The Kier molecular flexibility index (Phi) is 3.46. The van der Waals surface area contributed by atoms with Crippen LogP contribution in [0.4, 0.5) is 4.39 Å². The molecule has 19 heavy (non-hydrogen) atoms. The second-order valence-electron chi connectivity index (χ2n) is 5.49. The van der Waals surface area contributed by atoms with E-state index in [4.69, 9.17) is 9.47 Å². The fourth-order valence-electron chi connectivity index (χ4n) is 3.21. The normalized spacial score (nSPS) is 30.6. The van der Waals surface area contributed by atoms with Crippen molar-refractivity contribution < 1.29 is 13.9 Å². The minimum Gasteiger partial charge on any atom is -0.497 e. The largest absolute Gasteiger partial charge is 0.497 e. The number of halogens is 1. The lowest BCUT2D eigenvalue weighted by Crippen LogP contribution is -2.39. The number of hydrogen-bond acceptors (Lipinski definition) is 3. The summed E-state index contributed by atoms with van der Waals surface area (Å²) in [6.45, 7) is 2.00. The molecule has 0 radical (unpaired) electrons. The van der Waals surface area contributed by atoms with E-state index in [1.54, 1.807) is 19.2 Å². The number of hydrogen-bond donors (Lipinski definition) is 1. The van der Waals surface area contributed by atoms with Crippen LogP contribution in [0.15, 0.2) is 18.2 Å². The standard InChI is InChI=1S/C15H20FNO2/c1-9(12-5-3-10(18-2)7-13(12)16)17-14-8-11-4-6-15(14)19-11/h3,5,7,9,11,14-15,17H,4,6,8H2,1-2H3. The van der Waals surface area contributed by atoms with Gasteiger partial charge in [-0.25, -0.2) is 4.39 Å². The van der Waals surface area contributed by atoms with Crippen LogP contribution in [0.5, 0.6) is 5.75 Å². The summed E-state index contributed by atoms with van der Waals surface area (Å²) in [4.78, 5) is 0. The summed E-state index contributed by atoms with van der Waals surface area (Å²) >= 11 is 0. The van der Waals surface area contributed by atoms with Crippen molar-refractivity contribution in [1.82, 2.24) is 5.32 Å². The first-order valence-electron chi connectivity index (χ1n) is 6.92. The average Bonchev–Trinajstić information content (AvgIpc) is 3.00. The summed E-state index contributed by atoms with van der Waals surface area (Å²) < 4.78 is 24.8. The van der Waals surface area contributed by atoms with Crippen LogP contribution in [0, 0.1) is 5.82 Å². The Morgan fingerprint density at radius 3 is 2.84 bits per heavy atom. The minimum atomic E-state index is -0.219. The molecule has 2 saturated heterocycles. The molecule has 2 aliphatic heterocycles. The molecule has 0 amide bonds. The van der Waals surface area contributed by atoms with Crippen molar-refractivity contribution in [3.8, 4) is 5.75 Å². The maximum absolute atomic E-state index is 14.0. The molecule has 104 valence electrons. The third kappa shape index (κ3) is 2.47. The molecule has 1 aromatic carbocycles. The zero-order valence-corrected chi connectivity index (χ0v) is 11.4. The zero-order valence-electron chi connectivity index (χ0n) is 11.4. The fourth-order valence-corrected chi connectivity index (χ4v) is 3.21. The SMILES string of the molecule is COc1ccc(C(C)NC2CC3CCC2O3)c(F)c1. The molecule has 4 atom stereocenters. The highest BCUT2D eigenvalue weighted by molar-refractivity contribution is 5.30. The predicted molar refractivity (Wildman–Crippen MR) is 70.8 cm³/mol. The van der Waals surface area contributed by atoms with Gasteiger partial charge in [-0.1, -0.05) is 6.07 Å². The highest BCUT2D eigenvalue weighted by Gasteiger charge is 2.41. The number of ether oxygens (including phenoxy) is 2. The van der Waals surface area contributed by atoms with E-state index in [1.165, 1.54) is 12.5 Å². The van der Waals surface area contributed by atoms with Crippen LogP contribution in [0.2, 0.25) is 0 Å². The molecule has 2 bridgehead atoms. The number of rotatable bonds is 4. The third-order valence-electron chi connectivity index (χ3n) is 4.24. The quantitative estimate of drug-likeness (QED) is 0.908. The summed E-state index contributed by atoms with van der Waals surface area (Å²) in [5, 5.41) is 3.50. The minimum absolute atomic E-state index is 0.0149. The molecule has 3 nitrogen and oxygen atoms in total. The Labute approximate surface area is 113 Å². The summed E-state index contributed by atoms with van der Waals surface area (Å²) in [5.74, 6) is 0.333. The van der Waals surface area contributed by atoms with Gasteiger partial charge in [-0.05, 0) is 32.3 Å². The van der Waals surface area contributed by atoms with Crippen LogP contribution in [-0.2, 0) is 4.74 Å². The first kappa shape index (κ1) is 12.9. The zero-order chi connectivity index (χ0) is 13.4. The van der Waals surface area contributed by atoms with Crippen molar-refractivity contribution in [2.24, 2.45) is 0 Å². The van der Waals surface area contributed by atoms with Crippen molar-refractivity contribution in [3.63, 3.8) is 0 Å². The van der Waals surface area contributed by atoms with Crippen molar-refractivity contribution in [2.75, 3.05) is 7.11 Å². The average molecular weight is 265 g/mol. The molecule has 3 rings (SSSR count). The summed E-state index contributed by atoms with van der Waals surface area (Å²) in [6.07, 6.45) is 4.07. The van der Waals surface area contributed by atoms with Gasteiger partial charge in [-0.15, -0.1) is 0 Å². The van der Waals surface area contributed by atoms with Gasteiger partial charge in [0.05, 0.1) is 19.3 Å².